The van der Waals surface area contributed by atoms with Crippen LogP contribution in [-0.4, -0.2) is 20.8 Å². The van der Waals surface area contributed by atoms with Crippen molar-refractivity contribution in [1.82, 2.24) is 14.5 Å². The molecule has 94 valence electrons. The molecule has 5 heteroatoms. The van der Waals surface area contributed by atoms with Crippen LogP contribution in [0.15, 0.2) is 43.0 Å². The van der Waals surface area contributed by atoms with E-state index in [-0.39, 0.29) is 0 Å². The molecule has 2 heterocycles. The van der Waals surface area contributed by atoms with Crippen LogP contribution < -0.4 is 0 Å². The van der Waals surface area contributed by atoms with E-state index in [1.54, 1.807) is 12.4 Å². The minimum atomic E-state index is 0.516. The Labute approximate surface area is 114 Å². The van der Waals surface area contributed by atoms with Crippen LogP contribution >= 0.6 is 11.6 Å². The van der Waals surface area contributed by atoms with Crippen LogP contribution in [0.3, 0.4) is 0 Å². The van der Waals surface area contributed by atoms with Gasteiger partial charge in [0, 0.05) is 23.3 Å². The average Bonchev–Trinajstić information content (AvgIpc) is 2.79. The summed E-state index contributed by atoms with van der Waals surface area (Å²) >= 11 is 6.23. The third-order valence-corrected chi connectivity index (χ3v) is 3.28. The Morgan fingerprint density at radius 2 is 2.05 bits per heavy atom. The van der Waals surface area contributed by atoms with E-state index in [0.29, 0.717) is 17.3 Å². The number of carbonyl (C=O) groups excluding carboxylic acids is 1. The highest BCUT2D eigenvalue weighted by atomic mass is 35.5. The first-order valence-corrected chi connectivity index (χ1v) is 6.14. The van der Waals surface area contributed by atoms with Crippen molar-refractivity contribution < 1.29 is 4.79 Å². The summed E-state index contributed by atoms with van der Waals surface area (Å²) in [7, 11) is 0. The van der Waals surface area contributed by atoms with Crippen molar-refractivity contribution in [2.75, 3.05) is 0 Å². The molecule has 0 spiro atoms. The Bertz CT molecular complexity index is 737. The maximum atomic E-state index is 11.2. The highest BCUT2D eigenvalue weighted by Gasteiger charge is 2.11. The Morgan fingerprint density at radius 3 is 2.79 bits per heavy atom. The molecule has 0 amide bonds. The molecule has 4 nitrogen and oxygen atoms in total. The highest BCUT2D eigenvalue weighted by molar-refractivity contribution is 6.35. The summed E-state index contributed by atoms with van der Waals surface area (Å²) in [6, 6.07) is 7.45. The summed E-state index contributed by atoms with van der Waals surface area (Å²) in [6.45, 7) is 0.516. The van der Waals surface area contributed by atoms with Crippen LogP contribution in [-0.2, 0) is 6.54 Å². The lowest BCUT2D eigenvalue weighted by Gasteiger charge is -2.08. The zero-order valence-electron chi connectivity index (χ0n) is 9.95. The van der Waals surface area contributed by atoms with Gasteiger partial charge in [0.25, 0.3) is 0 Å². The third-order valence-electron chi connectivity index (χ3n) is 2.98. The predicted octanol–water partition coefficient (Wildman–Crippen LogP) is 2.95. The molecule has 0 fully saturated rings. The molecule has 0 aliphatic rings. The molecule has 0 N–H and O–H groups in total. The Kier molecular flexibility index (Phi) is 3.01. The van der Waals surface area contributed by atoms with Gasteiger partial charge in [-0.05, 0) is 12.1 Å². The monoisotopic (exact) mass is 271 g/mol. The number of carbonyl (C=O) groups is 1. The number of hydrogen-bond acceptors (Lipinski definition) is 3. The van der Waals surface area contributed by atoms with Crippen molar-refractivity contribution in [2.24, 2.45) is 0 Å². The van der Waals surface area contributed by atoms with Crippen LogP contribution in [0.1, 0.15) is 16.1 Å². The molecule has 0 radical (unpaired) electrons. The normalized spacial score (nSPS) is 10.8. The second kappa shape index (κ2) is 4.82. The lowest BCUT2D eigenvalue weighted by Crippen LogP contribution is -2.04. The van der Waals surface area contributed by atoms with E-state index < -0.39 is 0 Å². The second-order valence-electron chi connectivity index (χ2n) is 4.20. The number of para-hydroxylation sites is 1. The van der Waals surface area contributed by atoms with E-state index in [4.69, 9.17) is 11.6 Å². The number of rotatable bonds is 3. The van der Waals surface area contributed by atoms with Gasteiger partial charge in [-0.2, -0.15) is 0 Å². The van der Waals surface area contributed by atoms with Crippen molar-refractivity contribution in [1.29, 1.82) is 0 Å². The first-order chi connectivity index (χ1) is 9.29. The zero-order valence-corrected chi connectivity index (χ0v) is 10.7. The number of fused-ring (bicyclic) bond motifs is 1. The van der Waals surface area contributed by atoms with Gasteiger partial charge in [0.1, 0.15) is 6.33 Å². The smallest absolute Gasteiger partial charge is 0.166 e. The molecule has 1 aromatic carbocycles. The van der Waals surface area contributed by atoms with E-state index >= 15 is 0 Å². The van der Waals surface area contributed by atoms with Gasteiger partial charge in [-0.3, -0.25) is 4.79 Å². The fourth-order valence-electron chi connectivity index (χ4n) is 2.16. The van der Waals surface area contributed by atoms with Crippen LogP contribution in [0.4, 0.5) is 0 Å². The van der Waals surface area contributed by atoms with E-state index in [9.17, 15) is 4.79 Å². The molecule has 3 aromatic rings. The number of aromatic nitrogens is 3. The Balaban J connectivity index is 2.18. The van der Waals surface area contributed by atoms with Crippen LogP contribution in [0.25, 0.3) is 10.9 Å². The van der Waals surface area contributed by atoms with E-state index in [1.807, 2.05) is 28.8 Å². The summed E-state index contributed by atoms with van der Waals surface area (Å²) in [4.78, 5) is 19.2. The molecule has 0 saturated carbocycles. The molecule has 0 unspecified atom stereocenters. The molecular weight excluding hydrogens is 262 g/mol. The van der Waals surface area contributed by atoms with Crippen molar-refractivity contribution in [3.63, 3.8) is 0 Å². The topological polar surface area (TPSA) is 47.8 Å². The minimum Gasteiger partial charge on any atom is -0.332 e. The van der Waals surface area contributed by atoms with E-state index in [1.165, 1.54) is 6.33 Å². The first kappa shape index (κ1) is 11.9. The Morgan fingerprint density at radius 1 is 1.26 bits per heavy atom. The van der Waals surface area contributed by atoms with Gasteiger partial charge in [0.2, 0.25) is 0 Å². The number of nitrogens with zero attached hydrogens (tertiary/aromatic N) is 3. The van der Waals surface area contributed by atoms with Crippen LogP contribution in [0, 0.1) is 0 Å². The van der Waals surface area contributed by atoms with E-state index in [2.05, 4.69) is 9.97 Å². The van der Waals surface area contributed by atoms with Gasteiger partial charge in [0.15, 0.2) is 6.29 Å². The summed E-state index contributed by atoms with van der Waals surface area (Å²) in [5, 5.41) is 1.58. The molecule has 0 saturated heterocycles. The second-order valence-corrected chi connectivity index (χ2v) is 4.60. The molecule has 0 atom stereocenters. The van der Waals surface area contributed by atoms with Gasteiger partial charge in [-0.1, -0.05) is 23.7 Å². The number of hydrogen-bond donors (Lipinski definition) is 0. The summed E-state index contributed by atoms with van der Waals surface area (Å²) < 4.78 is 1.88. The fourth-order valence-corrected chi connectivity index (χ4v) is 2.45. The average molecular weight is 272 g/mol. The number of aldehydes is 1. The molecule has 0 aliphatic heterocycles. The zero-order chi connectivity index (χ0) is 13.2. The summed E-state index contributed by atoms with van der Waals surface area (Å²) in [6.07, 6.45) is 5.76. The Hall–Kier alpha value is -2.20. The molecule has 3 rings (SSSR count). The molecular formula is C14H10ClN3O. The van der Waals surface area contributed by atoms with Crippen LogP contribution in [0.5, 0.6) is 0 Å². The molecule has 0 aliphatic carbocycles. The quantitative estimate of drug-likeness (QED) is 0.688. The van der Waals surface area contributed by atoms with E-state index in [0.717, 1.165) is 22.8 Å². The van der Waals surface area contributed by atoms with Gasteiger partial charge < -0.3 is 4.57 Å². The highest BCUT2D eigenvalue weighted by Crippen LogP contribution is 2.27. The van der Waals surface area contributed by atoms with Gasteiger partial charge >= 0.3 is 0 Å². The standard InChI is InChI=1S/C14H10ClN3O/c15-13-3-1-2-11-4-12(8-19)18(14(11)13)7-10-5-16-9-17-6-10/h1-6,8-9H,7H2. The van der Waals surface area contributed by atoms with Crippen molar-refractivity contribution in [3.8, 4) is 0 Å². The predicted molar refractivity (Wildman–Crippen MR) is 73.5 cm³/mol. The van der Waals surface area contributed by atoms with Crippen molar-refractivity contribution >= 4 is 28.8 Å². The number of benzene rings is 1. The minimum absolute atomic E-state index is 0.516. The maximum absolute atomic E-state index is 11.2. The van der Waals surface area contributed by atoms with Gasteiger partial charge in [0.05, 0.1) is 22.8 Å². The maximum Gasteiger partial charge on any atom is 0.166 e. The van der Waals surface area contributed by atoms with Crippen molar-refractivity contribution in [3.05, 3.63) is 59.3 Å². The SMILES string of the molecule is O=Cc1cc2cccc(Cl)c2n1Cc1cncnc1. The van der Waals surface area contributed by atoms with Gasteiger partial charge in [-0.15, -0.1) is 0 Å². The first-order valence-electron chi connectivity index (χ1n) is 5.76. The van der Waals surface area contributed by atoms with Gasteiger partial charge in [-0.25, -0.2) is 9.97 Å². The largest absolute Gasteiger partial charge is 0.332 e. The van der Waals surface area contributed by atoms with Crippen molar-refractivity contribution in [2.45, 2.75) is 6.54 Å². The summed E-state index contributed by atoms with van der Waals surface area (Å²) in [5.41, 5.74) is 2.37. The molecule has 0 bridgehead atoms. The molecule has 19 heavy (non-hydrogen) atoms. The lowest BCUT2D eigenvalue weighted by atomic mass is 10.2. The lowest BCUT2D eigenvalue weighted by molar-refractivity contribution is 0.111. The third kappa shape index (κ3) is 2.11. The van der Waals surface area contributed by atoms with Crippen LogP contribution in [0.2, 0.25) is 5.02 Å². The molecule has 2 aromatic heterocycles. The fraction of sp³-hybridized carbons (Fsp3) is 0.0714. The summed E-state index contributed by atoms with van der Waals surface area (Å²) in [5.74, 6) is 0. The number of halogens is 1.